The number of hydrogen-bond donors (Lipinski definition) is 1. The first kappa shape index (κ1) is 20.8. The number of hydrogen-bond acceptors (Lipinski definition) is 3. The molecule has 0 aromatic heterocycles. The van der Waals surface area contributed by atoms with Crippen molar-refractivity contribution in [2.45, 2.75) is 37.8 Å². The molecule has 0 bridgehead atoms. The molecule has 7 heteroatoms. The Morgan fingerprint density at radius 3 is 2.68 bits per heavy atom. The lowest BCUT2D eigenvalue weighted by Crippen LogP contribution is -2.48. The molecule has 2 saturated heterocycles. The zero-order valence-electron chi connectivity index (χ0n) is 14.5. The molecule has 0 radical (unpaired) electrons. The Morgan fingerprint density at radius 1 is 1.20 bits per heavy atom. The molecule has 2 aliphatic heterocycles. The van der Waals surface area contributed by atoms with Gasteiger partial charge in [-0.3, -0.25) is 9.69 Å². The summed E-state index contributed by atoms with van der Waals surface area (Å²) >= 11 is 12.2. The summed E-state index contributed by atoms with van der Waals surface area (Å²) in [6, 6.07) is 6.33. The van der Waals surface area contributed by atoms with Crippen LogP contribution in [0.15, 0.2) is 18.2 Å². The smallest absolute Gasteiger partial charge is 0.237 e. The molecule has 2 fully saturated rings. The van der Waals surface area contributed by atoms with Gasteiger partial charge in [-0.15, -0.1) is 12.4 Å². The third-order valence-corrected chi connectivity index (χ3v) is 5.91. The van der Waals surface area contributed by atoms with Crippen LogP contribution in [0, 0.1) is 0 Å². The maximum atomic E-state index is 12.8. The van der Waals surface area contributed by atoms with Gasteiger partial charge in [0.1, 0.15) is 0 Å². The number of amides is 1. The third-order valence-electron chi connectivity index (χ3n) is 5.17. The molecule has 2 heterocycles. The van der Waals surface area contributed by atoms with E-state index in [1.54, 1.807) is 0 Å². The van der Waals surface area contributed by atoms with Crippen molar-refractivity contribution < 1.29 is 4.79 Å². The maximum absolute atomic E-state index is 12.8. The molecule has 1 aromatic rings. The molecule has 1 aromatic carbocycles. The average Bonchev–Trinajstić information content (AvgIpc) is 3.07. The summed E-state index contributed by atoms with van der Waals surface area (Å²) in [7, 11) is 2.00. The lowest BCUT2D eigenvalue weighted by molar-refractivity contribution is -0.133. The number of likely N-dealkylation sites (N-methyl/N-ethyl adjacent to an activating group) is 1. The minimum absolute atomic E-state index is 0. The fourth-order valence-electron chi connectivity index (χ4n) is 3.85. The zero-order valence-corrected chi connectivity index (χ0v) is 16.8. The van der Waals surface area contributed by atoms with Crippen molar-refractivity contribution in [3.8, 4) is 0 Å². The summed E-state index contributed by atoms with van der Waals surface area (Å²) < 4.78 is 0. The number of carbonyl (C=O) groups is 1. The molecular formula is C18H26Cl3N3O. The quantitative estimate of drug-likeness (QED) is 0.827. The highest BCUT2D eigenvalue weighted by atomic mass is 35.5. The molecule has 2 aliphatic rings. The van der Waals surface area contributed by atoms with Crippen molar-refractivity contribution in [1.29, 1.82) is 0 Å². The van der Waals surface area contributed by atoms with Gasteiger partial charge in [-0.1, -0.05) is 29.3 Å². The second-order valence-electron chi connectivity index (χ2n) is 6.78. The van der Waals surface area contributed by atoms with Crippen LogP contribution in [0.5, 0.6) is 0 Å². The first-order chi connectivity index (χ1) is 11.6. The molecule has 2 atom stereocenters. The number of rotatable bonds is 4. The highest BCUT2D eigenvalue weighted by molar-refractivity contribution is 6.42. The van der Waals surface area contributed by atoms with Gasteiger partial charge in [0.25, 0.3) is 0 Å². The monoisotopic (exact) mass is 405 g/mol. The minimum Gasteiger partial charge on any atom is -0.335 e. The molecule has 3 rings (SSSR count). The number of nitrogens with one attached hydrogen (secondary N) is 1. The Labute approximate surface area is 166 Å². The molecule has 25 heavy (non-hydrogen) atoms. The zero-order chi connectivity index (χ0) is 17.1. The summed E-state index contributed by atoms with van der Waals surface area (Å²) in [6.45, 7) is 3.30. The van der Waals surface area contributed by atoms with Gasteiger partial charge in [0.05, 0.1) is 22.6 Å². The van der Waals surface area contributed by atoms with E-state index in [1.165, 1.54) is 6.42 Å². The van der Waals surface area contributed by atoms with Gasteiger partial charge >= 0.3 is 0 Å². The van der Waals surface area contributed by atoms with Crippen LogP contribution in [0.1, 0.15) is 37.3 Å². The topological polar surface area (TPSA) is 35.6 Å². The van der Waals surface area contributed by atoms with Gasteiger partial charge in [0.15, 0.2) is 0 Å². The maximum Gasteiger partial charge on any atom is 0.237 e. The van der Waals surface area contributed by atoms with Gasteiger partial charge in [-0.05, 0) is 57.0 Å². The van der Waals surface area contributed by atoms with E-state index in [0.717, 1.165) is 44.5 Å². The Kier molecular flexibility index (Phi) is 7.84. The Morgan fingerprint density at radius 2 is 1.96 bits per heavy atom. The number of carbonyl (C=O) groups excluding carboxylic acids is 1. The van der Waals surface area contributed by atoms with E-state index in [9.17, 15) is 4.79 Å². The van der Waals surface area contributed by atoms with Crippen molar-refractivity contribution in [3.63, 3.8) is 0 Å². The summed E-state index contributed by atoms with van der Waals surface area (Å²) in [5, 5.41) is 4.44. The van der Waals surface area contributed by atoms with Crippen molar-refractivity contribution in [1.82, 2.24) is 15.1 Å². The molecule has 140 valence electrons. The standard InChI is InChI=1S/C18H25Cl2N3O.ClH/c1-21-14-4-2-8-22(11-14)12-18(24)23-9-3-5-17(23)13-6-7-15(19)16(20)10-13;/h6-7,10,14,17,21H,2-5,8-9,11-12H2,1H3;1H. The van der Waals surface area contributed by atoms with Crippen molar-refractivity contribution in [2.24, 2.45) is 0 Å². The molecule has 2 unspecified atom stereocenters. The van der Waals surface area contributed by atoms with Crippen molar-refractivity contribution in [2.75, 3.05) is 33.2 Å². The summed E-state index contributed by atoms with van der Waals surface area (Å²) in [6.07, 6.45) is 4.37. The van der Waals surface area contributed by atoms with E-state index in [4.69, 9.17) is 23.2 Å². The first-order valence-electron chi connectivity index (χ1n) is 8.72. The summed E-state index contributed by atoms with van der Waals surface area (Å²) in [5.41, 5.74) is 1.09. The van der Waals surface area contributed by atoms with Crippen molar-refractivity contribution in [3.05, 3.63) is 33.8 Å². The van der Waals surface area contributed by atoms with E-state index in [2.05, 4.69) is 10.2 Å². The fraction of sp³-hybridized carbons (Fsp3) is 0.611. The molecule has 0 spiro atoms. The Hall–Kier alpha value is -0.520. The second-order valence-corrected chi connectivity index (χ2v) is 7.60. The van der Waals surface area contributed by atoms with Crippen LogP contribution in [0.25, 0.3) is 0 Å². The van der Waals surface area contributed by atoms with Crippen LogP contribution < -0.4 is 5.32 Å². The first-order valence-corrected chi connectivity index (χ1v) is 9.48. The van der Waals surface area contributed by atoms with Crippen LogP contribution in [0.4, 0.5) is 0 Å². The Bertz CT molecular complexity index is 599. The molecule has 0 aliphatic carbocycles. The number of likely N-dealkylation sites (tertiary alicyclic amines) is 2. The van der Waals surface area contributed by atoms with Gasteiger partial charge in [-0.25, -0.2) is 0 Å². The van der Waals surface area contributed by atoms with E-state index >= 15 is 0 Å². The SMILES string of the molecule is CNC1CCCN(CC(=O)N2CCCC2c2ccc(Cl)c(Cl)c2)C1.Cl. The van der Waals surface area contributed by atoms with E-state index in [-0.39, 0.29) is 24.4 Å². The van der Waals surface area contributed by atoms with Crippen molar-refractivity contribution >= 4 is 41.5 Å². The Balaban J connectivity index is 0.00000225. The van der Waals surface area contributed by atoms with E-state index in [1.807, 2.05) is 30.1 Å². The highest BCUT2D eigenvalue weighted by Gasteiger charge is 2.31. The van der Waals surface area contributed by atoms with Gasteiger partial charge in [-0.2, -0.15) is 0 Å². The molecule has 1 amide bonds. The summed E-state index contributed by atoms with van der Waals surface area (Å²) in [4.78, 5) is 17.1. The molecular weight excluding hydrogens is 381 g/mol. The highest BCUT2D eigenvalue weighted by Crippen LogP contribution is 2.35. The number of nitrogens with zero attached hydrogens (tertiary/aromatic N) is 2. The van der Waals surface area contributed by atoms with Gasteiger partial charge in [0, 0.05) is 19.1 Å². The van der Waals surface area contributed by atoms with Crippen LogP contribution in [-0.2, 0) is 4.79 Å². The largest absolute Gasteiger partial charge is 0.335 e. The minimum atomic E-state index is 0. The van der Waals surface area contributed by atoms with Crippen LogP contribution in [0.2, 0.25) is 10.0 Å². The third kappa shape index (κ3) is 5.01. The summed E-state index contributed by atoms with van der Waals surface area (Å²) in [5.74, 6) is 0.223. The normalized spacial score (nSPS) is 24.2. The average molecular weight is 407 g/mol. The number of benzene rings is 1. The fourth-order valence-corrected chi connectivity index (χ4v) is 4.15. The van der Waals surface area contributed by atoms with Gasteiger partial charge < -0.3 is 10.2 Å². The second kappa shape index (κ2) is 9.43. The van der Waals surface area contributed by atoms with E-state index < -0.39 is 0 Å². The predicted molar refractivity (Wildman–Crippen MR) is 106 cm³/mol. The lowest BCUT2D eigenvalue weighted by atomic mass is 10.0. The molecule has 4 nitrogen and oxygen atoms in total. The predicted octanol–water partition coefficient (Wildman–Crippen LogP) is 3.76. The van der Waals surface area contributed by atoms with Crippen LogP contribution in [0.3, 0.4) is 0 Å². The number of halogens is 3. The van der Waals surface area contributed by atoms with Crippen LogP contribution >= 0.6 is 35.6 Å². The molecule has 1 N–H and O–H groups in total. The van der Waals surface area contributed by atoms with Gasteiger partial charge in [0.2, 0.25) is 5.91 Å². The van der Waals surface area contributed by atoms with E-state index in [0.29, 0.717) is 22.6 Å². The van der Waals surface area contributed by atoms with Crippen LogP contribution in [-0.4, -0.2) is 55.0 Å². The lowest BCUT2D eigenvalue weighted by Gasteiger charge is -2.34. The number of piperidine rings is 1. The molecule has 0 saturated carbocycles.